The monoisotopic (exact) mass is 287 g/mol. The van der Waals surface area contributed by atoms with Crippen LogP contribution in [0.4, 0.5) is 0 Å². The third-order valence-electron chi connectivity index (χ3n) is 2.14. The topological polar surface area (TPSA) is 48.4 Å². The summed E-state index contributed by atoms with van der Waals surface area (Å²) in [5.41, 5.74) is 0.459. The van der Waals surface area contributed by atoms with Crippen molar-refractivity contribution in [1.29, 1.82) is 0 Å². The molecule has 0 N–H and O–H groups in total. The molecule has 0 spiro atoms. The molecular weight excluding hydrogens is 274 g/mol. The van der Waals surface area contributed by atoms with Crippen LogP contribution in [0.15, 0.2) is 22.8 Å². The van der Waals surface area contributed by atoms with E-state index in [1.54, 1.807) is 32.5 Å². The lowest BCUT2D eigenvalue weighted by Crippen LogP contribution is -2.15. The van der Waals surface area contributed by atoms with Crippen molar-refractivity contribution in [2.45, 2.75) is 19.1 Å². The Labute approximate surface area is 103 Å². The molecule has 0 amide bonds. The Morgan fingerprint density at radius 3 is 2.75 bits per heavy atom. The van der Waals surface area contributed by atoms with Gasteiger partial charge in [0.25, 0.3) is 0 Å². The SMILES string of the molecule is COC(CCC(=O)c1cc(Br)ccn1)OC. The number of hydrogen-bond acceptors (Lipinski definition) is 4. The Kier molecular flexibility index (Phi) is 5.59. The Hall–Kier alpha value is -0.780. The van der Waals surface area contributed by atoms with E-state index in [2.05, 4.69) is 20.9 Å². The maximum Gasteiger partial charge on any atom is 0.181 e. The summed E-state index contributed by atoms with van der Waals surface area (Å²) in [6.07, 6.45) is 2.15. The Morgan fingerprint density at radius 1 is 1.50 bits per heavy atom. The zero-order valence-corrected chi connectivity index (χ0v) is 10.9. The molecule has 1 aromatic heterocycles. The summed E-state index contributed by atoms with van der Waals surface area (Å²) in [5, 5.41) is 0. The quantitative estimate of drug-likeness (QED) is 0.596. The fraction of sp³-hybridized carbons (Fsp3) is 0.455. The summed E-state index contributed by atoms with van der Waals surface area (Å²) in [7, 11) is 3.10. The van der Waals surface area contributed by atoms with Crippen molar-refractivity contribution in [2.24, 2.45) is 0 Å². The molecule has 0 atom stereocenters. The molecule has 4 nitrogen and oxygen atoms in total. The standard InChI is InChI=1S/C11H14BrNO3/c1-15-11(16-2)4-3-10(14)9-7-8(12)5-6-13-9/h5-7,11H,3-4H2,1-2H3. The number of carbonyl (C=O) groups is 1. The summed E-state index contributed by atoms with van der Waals surface area (Å²) in [6, 6.07) is 3.49. The van der Waals surface area contributed by atoms with E-state index in [0.717, 1.165) is 4.47 Å². The molecule has 0 aliphatic heterocycles. The molecular formula is C11H14BrNO3. The first-order valence-electron chi connectivity index (χ1n) is 4.87. The van der Waals surface area contributed by atoms with Gasteiger partial charge in [0.1, 0.15) is 5.69 Å². The number of methoxy groups -OCH3 is 2. The van der Waals surface area contributed by atoms with Crippen molar-refractivity contribution in [3.63, 3.8) is 0 Å². The van der Waals surface area contributed by atoms with Crippen molar-refractivity contribution in [1.82, 2.24) is 4.98 Å². The van der Waals surface area contributed by atoms with Crippen LogP contribution in [0, 0.1) is 0 Å². The second-order valence-corrected chi connectivity index (χ2v) is 4.14. The first-order chi connectivity index (χ1) is 7.67. The zero-order valence-electron chi connectivity index (χ0n) is 9.27. The van der Waals surface area contributed by atoms with Crippen LogP contribution in [-0.2, 0) is 9.47 Å². The molecule has 0 aromatic carbocycles. The molecule has 1 rings (SSSR count). The highest BCUT2D eigenvalue weighted by Crippen LogP contribution is 2.12. The van der Waals surface area contributed by atoms with Crippen molar-refractivity contribution in [2.75, 3.05) is 14.2 Å². The lowest BCUT2D eigenvalue weighted by atomic mass is 10.1. The average molecular weight is 288 g/mol. The smallest absolute Gasteiger partial charge is 0.181 e. The number of Topliss-reactive ketones (excluding diaryl/α,β-unsaturated/α-hetero) is 1. The van der Waals surface area contributed by atoms with Gasteiger partial charge in [-0.3, -0.25) is 9.78 Å². The second-order valence-electron chi connectivity index (χ2n) is 3.22. The van der Waals surface area contributed by atoms with E-state index in [-0.39, 0.29) is 12.1 Å². The highest BCUT2D eigenvalue weighted by atomic mass is 79.9. The molecule has 0 aliphatic carbocycles. The number of hydrogen-bond donors (Lipinski definition) is 0. The van der Waals surface area contributed by atoms with Gasteiger partial charge in [0.05, 0.1) is 0 Å². The van der Waals surface area contributed by atoms with Gasteiger partial charge in [0, 0.05) is 37.7 Å². The molecule has 1 aromatic rings. The first kappa shape index (κ1) is 13.3. The molecule has 0 aliphatic rings. The van der Waals surface area contributed by atoms with Gasteiger partial charge in [-0.25, -0.2) is 0 Å². The van der Waals surface area contributed by atoms with Crippen LogP contribution in [0.1, 0.15) is 23.3 Å². The van der Waals surface area contributed by atoms with E-state index < -0.39 is 0 Å². The Balaban J connectivity index is 2.52. The van der Waals surface area contributed by atoms with Crippen LogP contribution in [0.5, 0.6) is 0 Å². The molecule has 0 radical (unpaired) electrons. The number of pyridine rings is 1. The molecule has 88 valence electrons. The largest absolute Gasteiger partial charge is 0.356 e. The summed E-state index contributed by atoms with van der Waals surface area (Å²) < 4.78 is 10.9. The van der Waals surface area contributed by atoms with Gasteiger partial charge in [-0.2, -0.15) is 0 Å². The molecule has 0 fully saturated rings. The van der Waals surface area contributed by atoms with Gasteiger partial charge in [-0.15, -0.1) is 0 Å². The fourth-order valence-electron chi connectivity index (χ4n) is 1.27. The Bertz CT molecular complexity index is 353. The maximum absolute atomic E-state index is 11.7. The predicted molar refractivity (Wildman–Crippen MR) is 63.3 cm³/mol. The molecule has 0 unspecified atom stereocenters. The third kappa shape index (κ3) is 4.00. The minimum Gasteiger partial charge on any atom is -0.356 e. The number of carbonyl (C=O) groups excluding carboxylic acids is 1. The van der Waals surface area contributed by atoms with E-state index in [9.17, 15) is 4.79 Å². The van der Waals surface area contributed by atoms with Crippen LogP contribution < -0.4 is 0 Å². The lowest BCUT2D eigenvalue weighted by Gasteiger charge is -2.11. The minimum atomic E-state index is -0.337. The summed E-state index contributed by atoms with van der Waals surface area (Å²) in [6.45, 7) is 0. The van der Waals surface area contributed by atoms with E-state index in [0.29, 0.717) is 18.5 Å². The third-order valence-corrected chi connectivity index (χ3v) is 2.63. The summed E-state index contributed by atoms with van der Waals surface area (Å²) in [4.78, 5) is 15.7. The normalized spacial score (nSPS) is 10.8. The number of halogens is 1. The lowest BCUT2D eigenvalue weighted by molar-refractivity contribution is -0.105. The highest BCUT2D eigenvalue weighted by molar-refractivity contribution is 9.10. The van der Waals surface area contributed by atoms with Gasteiger partial charge in [-0.05, 0) is 12.1 Å². The van der Waals surface area contributed by atoms with Crippen LogP contribution in [0.3, 0.4) is 0 Å². The second kappa shape index (κ2) is 6.73. The number of ether oxygens (including phenoxy) is 2. The molecule has 16 heavy (non-hydrogen) atoms. The molecule has 1 heterocycles. The van der Waals surface area contributed by atoms with E-state index in [4.69, 9.17) is 9.47 Å². The number of aromatic nitrogens is 1. The van der Waals surface area contributed by atoms with Gasteiger partial charge < -0.3 is 9.47 Å². The van der Waals surface area contributed by atoms with Crippen LogP contribution in [0.2, 0.25) is 0 Å². The molecule has 0 saturated heterocycles. The van der Waals surface area contributed by atoms with Crippen molar-refractivity contribution in [3.05, 3.63) is 28.5 Å². The van der Waals surface area contributed by atoms with Crippen LogP contribution in [-0.4, -0.2) is 31.3 Å². The fourth-order valence-corrected chi connectivity index (χ4v) is 1.60. The zero-order chi connectivity index (χ0) is 12.0. The number of ketones is 1. The average Bonchev–Trinajstić information content (AvgIpc) is 2.30. The highest BCUT2D eigenvalue weighted by Gasteiger charge is 2.12. The van der Waals surface area contributed by atoms with Crippen molar-refractivity contribution >= 4 is 21.7 Å². The maximum atomic E-state index is 11.7. The molecule has 5 heteroatoms. The minimum absolute atomic E-state index is 0.0135. The molecule has 0 bridgehead atoms. The first-order valence-corrected chi connectivity index (χ1v) is 5.67. The van der Waals surface area contributed by atoms with Crippen molar-refractivity contribution in [3.8, 4) is 0 Å². The number of rotatable bonds is 6. The summed E-state index contributed by atoms with van der Waals surface area (Å²) in [5.74, 6) is -0.0135. The van der Waals surface area contributed by atoms with Crippen molar-refractivity contribution < 1.29 is 14.3 Å². The number of nitrogens with zero attached hydrogens (tertiary/aromatic N) is 1. The van der Waals surface area contributed by atoms with E-state index in [1.165, 1.54) is 0 Å². The van der Waals surface area contributed by atoms with Gasteiger partial charge >= 0.3 is 0 Å². The van der Waals surface area contributed by atoms with Gasteiger partial charge in [0.15, 0.2) is 12.1 Å². The summed E-state index contributed by atoms with van der Waals surface area (Å²) >= 11 is 3.30. The van der Waals surface area contributed by atoms with Crippen LogP contribution >= 0.6 is 15.9 Å². The molecule has 0 saturated carbocycles. The van der Waals surface area contributed by atoms with Gasteiger partial charge in [0.2, 0.25) is 0 Å². The van der Waals surface area contributed by atoms with Crippen LogP contribution in [0.25, 0.3) is 0 Å². The predicted octanol–water partition coefficient (Wildman–Crippen LogP) is 2.43. The van der Waals surface area contributed by atoms with E-state index in [1.807, 2.05) is 0 Å². The van der Waals surface area contributed by atoms with Gasteiger partial charge in [-0.1, -0.05) is 15.9 Å². The van der Waals surface area contributed by atoms with E-state index >= 15 is 0 Å². The Morgan fingerprint density at radius 2 is 2.19 bits per heavy atom.